The summed E-state index contributed by atoms with van der Waals surface area (Å²) in [7, 11) is 0. The van der Waals surface area contributed by atoms with Crippen molar-refractivity contribution in [1.82, 2.24) is 15.1 Å². The van der Waals surface area contributed by atoms with Gasteiger partial charge in [0.05, 0.1) is 0 Å². The van der Waals surface area contributed by atoms with E-state index in [2.05, 4.69) is 10.2 Å². The lowest BCUT2D eigenvalue weighted by Crippen LogP contribution is -2.40. The van der Waals surface area contributed by atoms with E-state index in [9.17, 15) is 4.79 Å². The third-order valence-electron chi connectivity index (χ3n) is 5.11. The maximum atomic E-state index is 12.8. The minimum Gasteiger partial charge on any atom is -0.342 e. The summed E-state index contributed by atoms with van der Waals surface area (Å²) in [6.45, 7) is 1.67. The Labute approximate surface area is 140 Å². The van der Waals surface area contributed by atoms with E-state index in [1.807, 2.05) is 35.2 Å². The van der Waals surface area contributed by atoms with Crippen molar-refractivity contribution >= 4 is 17.5 Å². The first kappa shape index (κ1) is 14.8. The van der Waals surface area contributed by atoms with Gasteiger partial charge in [-0.1, -0.05) is 29.8 Å². The highest BCUT2D eigenvalue weighted by Crippen LogP contribution is 2.50. The zero-order valence-corrected chi connectivity index (χ0v) is 13.7. The van der Waals surface area contributed by atoms with Crippen LogP contribution in [0.2, 0.25) is 5.02 Å². The lowest BCUT2D eigenvalue weighted by atomic mass is 9.94. The summed E-state index contributed by atoms with van der Waals surface area (Å²) in [5, 5.41) is 7.86. The second kappa shape index (κ2) is 6.00. The third kappa shape index (κ3) is 2.88. The van der Waals surface area contributed by atoms with Crippen molar-refractivity contribution in [2.45, 2.75) is 31.1 Å². The Bertz CT molecular complexity index is 700. The molecule has 1 aromatic carbocycles. The quantitative estimate of drug-likeness (QED) is 0.935. The monoisotopic (exact) mass is 329 g/mol. The van der Waals surface area contributed by atoms with Crippen LogP contribution in [-0.2, 0) is 4.79 Å². The van der Waals surface area contributed by atoms with E-state index in [0.29, 0.717) is 17.7 Å². The van der Waals surface area contributed by atoms with Crippen molar-refractivity contribution in [1.29, 1.82) is 0 Å². The number of H-pyrrole nitrogens is 1. The number of nitrogens with one attached hydrogen (secondary N) is 1. The number of carbonyl (C=O) groups is 1. The average Bonchev–Trinajstić information content (AvgIpc) is 3.17. The molecule has 4 rings (SSSR count). The maximum absolute atomic E-state index is 12.8. The summed E-state index contributed by atoms with van der Waals surface area (Å²) in [5.41, 5.74) is 2.26. The molecule has 5 heteroatoms. The van der Waals surface area contributed by atoms with E-state index in [1.165, 1.54) is 0 Å². The Kier molecular flexibility index (Phi) is 3.85. The predicted octanol–water partition coefficient (Wildman–Crippen LogP) is 3.57. The second-order valence-electron chi connectivity index (χ2n) is 6.61. The van der Waals surface area contributed by atoms with Crippen molar-refractivity contribution < 1.29 is 4.79 Å². The molecule has 0 unspecified atom stereocenters. The highest BCUT2D eigenvalue weighted by atomic mass is 35.5. The van der Waals surface area contributed by atoms with Crippen molar-refractivity contribution in [3.63, 3.8) is 0 Å². The number of aromatic amines is 1. The molecule has 0 bridgehead atoms. The number of aromatic nitrogens is 2. The van der Waals surface area contributed by atoms with Gasteiger partial charge in [0.25, 0.3) is 0 Å². The minimum atomic E-state index is 0.107. The molecule has 2 heterocycles. The number of likely N-dealkylation sites (tertiary alicyclic amines) is 1. The van der Waals surface area contributed by atoms with Crippen LogP contribution in [0.25, 0.3) is 0 Å². The van der Waals surface area contributed by atoms with Crippen molar-refractivity contribution in [2.75, 3.05) is 13.1 Å². The van der Waals surface area contributed by atoms with Crippen LogP contribution in [0, 0.1) is 5.92 Å². The molecule has 3 atom stereocenters. The van der Waals surface area contributed by atoms with Gasteiger partial charge in [-0.25, -0.2) is 0 Å². The number of nitrogens with zero attached hydrogens (tertiary/aromatic N) is 2. The molecule has 0 spiro atoms. The molecule has 1 amide bonds. The second-order valence-corrected chi connectivity index (χ2v) is 7.01. The molecule has 1 aliphatic carbocycles. The van der Waals surface area contributed by atoms with E-state index in [1.54, 1.807) is 6.20 Å². The van der Waals surface area contributed by atoms with Gasteiger partial charge in [-0.2, -0.15) is 5.10 Å². The van der Waals surface area contributed by atoms with Crippen LogP contribution < -0.4 is 0 Å². The van der Waals surface area contributed by atoms with Gasteiger partial charge in [0.2, 0.25) is 5.91 Å². The molecule has 0 radical (unpaired) electrons. The first-order valence-electron chi connectivity index (χ1n) is 8.26. The maximum Gasteiger partial charge on any atom is 0.226 e. The van der Waals surface area contributed by atoms with Crippen LogP contribution in [0.5, 0.6) is 0 Å². The number of benzene rings is 1. The summed E-state index contributed by atoms with van der Waals surface area (Å²) in [4.78, 5) is 14.9. The molecule has 2 fully saturated rings. The van der Waals surface area contributed by atoms with Crippen LogP contribution in [0.3, 0.4) is 0 Å². The van der Waals surface area contributed by atoms with Crippen LogP contribution in [0.15, 0.2) is 36.5 Å². The largest absolute Gasteiger partial charge is 0.342 e. The molecule has 2 aromatic rings. The molecule has 1 N–H and O–H groups in total. The smallest absolute Gasteiger partial charge is 0.226 e. The van der Waals surface area contributed by atoms with Gasteiger partial charge < -0.3 is 4.90 Å². The minimum absolute atomic E-state index is 0.107. The Morgan fingerprint density at radius 1 is 1.30 bits per heavy atom. The van der Waals surface area contributed by atoms with Crippen LogP contribution in [-0.4, -0.2) is 34.1 Å². The van der Waals surface area contributed by atoms with E-state index in [-0.39, 0.29) is 5.92 Å². The topological polar surface area (TPSA) is 49.0 Å². The van der Waals surface area contributed by atoms with E-state index >= 15 is 0 Å². The molecular formula is C18H20ClN3O. The van der Waals surface area contributed by atoms with Crippen molar-refractivity contribution in [3.8, 4) is 0 Å². The van der Waals surface area contributed by atoms with Gasteiger partial charge in [-0.05, 0) is 42.9 Å². The SMILES string of the molecule is O=C([C@@H]1C[C@@H]1c1ccccc1Cl)N1CCC[C@@H](c2ccn[nH]2)C1. The van der Waals surface area contributed by atoms with Crippen molar-refractivity contribution in [3.05, 3.63) is 52.8 Å². The number of halogens is 1. The molecule has 4 nitrogen and oxygen atoms in total. The molecular weight excluding hydrogens is 310 g/mol. The molecule has 1 aromatic heterocycles. The Balaban J connectivity index is 1.43. The summed E-state index contributed by atoms with van der Waals surface area (Å²) in [6, 6.07) is 9.90. The first-order chi connectivity index (χ1) is 11.2. The lowest BCUT2D eigenvalue weighted by Gasteiger charge is -2.32. The number of piperidine rings is 1. The predicted molar refractivity (Wildman–Crippen MR) is 89.4 cm³/mol. The number of amides is 1. The third-order valence-corrected chi connectivity index (χ3v) is 5.45. The molecule has 23 heavy (non-hydrogen) atoms. The van der Waals surface area contributed by atoms with E-state index in [4.69, 9.17) is 11.6 Å². The molecule has 2 aliphatic rings. The summed E-state index contributed by atoms with van der Waals surface area (Å²) >= 11 is 6.27. The lowest BCUT2D eigenvalue weighted by molar-refractivity contribution is -0.133. The zero-order chi connectivity index (χ0) is 15.8. The normalized spacial score (nSPS) is 27.0. The first-order valence-corrected chi connectivity index (χ1v) is 8.64. The molecule has 1 saturated heterocycles. The Morgan fingerprint density at radius 2 is 2.17 bits per heavy atom. The highest BCUT2D eigenvalue weighted by molar-refractivity contribution is 6.31. The molecule has 1 aliphatic heterocycles. The van der Waals surface area contributed by atoms with Crippen molar-refractivity contribution in [2.24, 2.45) is 5.92 Å². The fourth-order valence-electron chi connectivity index (χ4n) is 3.75. The average molecular weight is 330 g/mol. The van der Waals surface area contributed by atoms with Crippen LogP contribution in [0.4, 0.5) is 0 Å². The Morgan fingerprint density at radius 3 is 2.96 bits per heavy atom. The molecule has 1 saturated carbocycles. The van der Waals surface area contributed by atoms with Gasteiger partial charge >= 0.3 is 0 Å². The Hall–Kier alpha value is -1.81. The van der Waals surface area contributed by atoms with E-state index in [0.717, 1.165) is 48.6 Å². The fraction of sp³-hybridized carbons (Fsp3) is 0.444. The van der Waals surface area contributed by atoms with E-state index < -0.39 is 0 Å². The molecule has 120 valence electrons. The van der Waals surface area contributed by atoms with Crippen LogP contribution in [0.1, 0.15) is 42.4 Å². The van der Waals surface area contributed by atoms with Gasteiger partial charge in [0.15, 0.2) is 0 Å². The number of rotatable bonds is 3. The standard InChI is InChI=1S/C18H20ClN3O/c19-16-6-2-1-5-13(16)14-10-15(14)18(23)22-9-3-4-12(11-22)17-7-8-20-21-17/h1-2,5-8,12,14-15H,3-4,9-11H2,(H,20,21)/t12-,14-,15-/m1/s1. The number of hydrogen-bond acceptors (Lipinski definition) is 2. The van der Waals surface area contributed by atoms with Gasteiger partial charge in [-0.3, -0.25) is 9.89 Å². The van der Waals surface area contributed by atoms with Crippen LogP contribution >= 0.6 is 11.6 Å². The summed E-state index contributed by atoms with van der Waals surface area (Å²) in [6.07, 6.45) is 4.88. The summed E-state index contributed by atoms with van der Waals surface area (Å²) < 4.78 is 0. The van der Waals surface area contributed by atoms with Gasteiger partial charge in [0.1, 0.15) is 0 Å². The zero-order valence-electron chi connectivity index (χ0n) is 12.9. The number of carbonyl (C=O) groups excluding carboxylic acids is 1. The summed E-state index contributed by atoms with van der Waals surface area (Å²) in [5.74, 6) is 1.07. The number of hydrogen-bond donors (Lipinski definition) is 1. The van der Waals surface area contributed by atoms with Gasteiger partial charge in [-0.15, -0.1) is 0 Å². The fourth-order valence-corrected chi connectivity index (χ4v) is 4.02. The van der Waals surface area contributed by atoms with Gasteiger partial charge in [0, 0.05) is 41.8 Å². The highest BCUT2D eigenvalue weighted by Gasteiger charge is 2.47.